The van der Waals surface area contributed by atoms with Gasteiger partial charge < -0.3 is 10.2 Å². The molecule has 1 heterocycles. The second-order valence-electron chi connectivity index (χ2n) is 4.19. The third-order valence-electron chi connectivity index (χ3n) is 3.07. The van der Waals surface area contributed by atoms with Crippen LogP contribution in [0.25, 0.3) is 0 Å². The quantitative estimate of drug-likeness (QED) is 0.897. The van der Waals surface area contributed by atoms with Crippen molar-refractivity contribution in [3.63, 3.8) is 0 Å². The first-order valence-corrected chi connectivity index (χ1v) is 6.28. The highest BCUT2D eigenvalue weighted by Crippen LogP contribution is 2.23. The Morgan fingerprint density at radius 2 is 2.18 bits per heavy atom. The first kappa shape index (κ1) is 12.7. The normalized spacial score (nSPS) is 19.4. The van der Waals surface area contributed by atoms with Crippen LogP contribution in [-0.4, -0.2) is 37.0 Å². The summed E-state index contributed by atoms with van der Waals surface area (Å²) in [5, 5.41) is 4.12. The number of hydrogen-bond acceptors (Lipinski definition) is 2. The summed E-state index contributed by atoms with van der Waals surface area (Å²) in [6, 6.07) is 5.23. The Labute approximate surface area is 111 Å². The van der Waals surface area contributed by atoms with Gasteiger partial charge in [-0.3, -0.25) is 4.79 Å². The maximum Gasteiger partial charge on any atom is 0.253 e. The summed E-state index contributed by atoms with van der Waals surface area (Å²) >= 11 is 11.7. The summed E-state index contributed by atoms with van der Waals surface area (Å²) in [5.41, 5.74) is 0.578. The van der Waals surface area contributed by atoms with E-state index in [1.54, 1.807) is 23.1 Å². The van der Waals surface area contributed by atoms with Crippen molar-refractivity contribution in [1.29, 1.82) is 0 Å². The van der Waals surface area contributed by atoms with Gasteiger partial charge in [0, 0.05) is 25.2 Å². The van der Waals surface area contributed by atoms with Crippen LogP contribution in [-0.2, 0) is 0 Å². The van der Waals surface area contributed by atoms with Crippen LogP contribution in [0.3, 0.4) is 0 Å². The predicted molar refractivity (Wildman–Crippen MR) is 69.8 cm³/mol. The van der Waals surface area contributed by atoms with Crippen LogP contribution >= 0.6 is 23.2 Å². The van der Waals surface area contributed by atoms with Gasteiger partial charge in [0.1, 0.15) is 0 Å². The van der Waals surface area contributed by atoms with Crippen molar-refractivity contribution in [2.75, 3.05) is 20.1 Å². The zero-order chi connectivity index (χ0) is 12.4. The van der Waals surface area contributed by atoms with Crippen LogP contribution in [0.2, 0.25) is 10.0 Å². The minimum absolute atomic E-state index is 0.0164. The fraction of sp³-hybridized carbons (Fsp3) is 0.417. The van der Waals surface area contributed by atoms with Gasteiger partial charge in [0.15, 0.2) is 0 Å². The van der Waals surface area contributed by atoms with Gasteiger partial charge in [-0.25, -0.2) is 0 Å². The number of halogens is 2. The molecule has 0 radical (unpaired) electrons. The molecular formula is C12H14Cl2N2O. The Morgan fingerprint density at radius 3 is 2.76 bits per heavy atom. The van der Waals surface area contributed by atoms with E-state index in [9.17, 15) is 4.79 Å². The number of rotatable bonds is 2. The van der Waals surface area contributed by atoms with E-state index in [-0.39, 0.29) is 11.9 Å². The molecule has 1 aromatic rings. The van der Waals surface area contributed by atoms with Crippen LogP contribution in [0.5, 0.6) is 0 Å². The number of carbonyl (C=O) groups is 1. The van der Waals surface area contributed by atoms with Crippen LogP contribution in [0.4, 0.5) is 0 Å². The van der Waals surface area contributed by atoms with Gasteiger partial charge in [-0.15, -0.1) is 0 Å². The Balaban J connectivity index is 2.15. The third-order valence-corrected chi connectivity index (χ3v) is 3.81. The molecule has 5 heteroatoms. The van der Waals surface area contributed by atoms with E-state index in [4.69, 9.17) is 23.2 Å². The van der Waals surface area contributed by atoms with Crippen LogP contribution in [0.15, 0.2) is 18.2 Å². The highest BCUT2D eigenvalue weighted by molar-refractivity contribution is 6.42. The minimum atomic E-state index is -0.0164. The van der Waals surface area contributed by atoms with Gasteiger partial charge in [-0.2, -0.15) is 0 Å². The second kappa shape index (κ2) is 5.25. The average molecular weight is 273 g/mol. The van der Waals surface area contributed by atoms with Crippen LogP contribution in [0.1, 0.15) is 16.8 Å². The van der Waals surface area contributed by atoms with Crippen molar-refractivity contribution in [2.24, 2.45) is 0 Å². The van der Waals surface area contributed by atoms with Crippen molar-refractivity contribution in [3.05, 3.63) is 33.8 Å². The number of likely N-dealkylation sites (N-methyl/N-ethyl adjacent to an activating group) is 1. The Bertz CT molecular complexity index is 431. The molecule has 1 N–H and O–H groups in total. The summed E-state index contributed by atoms with van der Waals surface area (Å²) in [5.74, 6) is -0.0164. The van der Waals surface area contributed by atoms with Crippen LogP contribution < -0.4 is 5.32 Å². The highest BCUT2D eigenvalue weighted by atomic mass is 35.5. The van der Waals surface area contributed by atoms with E-state index in [0.717, 1.165) is 19.5 Å². The monoisotopic (exact) mass is 272 g/mol. The second-order valence-corrected chi connectivity index (χ2v) is 5.01. The minimum Gasteiger partial charge on any atom is -0.337 e. The topological polar surface area (TPSA) is 32.3 Å². The molecule has 17 heavy (non-hydrogen) atoms. The van der Waals surface area contributed by atoms with Crippen molar-refractivity contribution in [2.45, 2.75) is 12.5 Å². The first-order valence-electron chi connectivity index (χ1n) is 5.52. The summed E-state index contributed by atoms with van der Waals surface area (Å²) < 4.78 is 0. The van der Waals surface area contributed by atoms with E-state index in [1.807, 2.05) is 7.05 Å². The fourth-order valence-corrected chi connectivity index (χ4v) is 2.27. The zero-order valence-corrected chi connectivity index (χ0v) is 11.1. The van der Waals surface area contributed by atoms with Gasteiger partial charge >= 0.3 is 0 Å². The molecule has 1 saturated heterocycles. The number of nitrogens with zero attached hydrogens (tertiary/aromatic N) is 1. The standard InChI is InChI=1S/C12H14Cl2N2O/c1-16(9-4-5-15-7-9)12(17)8-2-3-10(13)11(14)6-8/h2-3,6,9,15H,4-5,7H2,1H3/t9-/m1/s1. The van der Waals surface area contributed by atoms with Crippen LogP contribution in [0, 0.1) is 0 Å². The Morgan fingerprint density at radius 1 is 1.41 bits per heavy atom. The smallest absolute Gasteiger partial charge is 0.253 e. The summed E-state index contributed by atoms with van der Waals surface area (Å²) in [6.45, 7) is 1.81. The molecule has 0 aromatic heterocycles. The molecule has 0 aliphatic carbocycles. The van der Waals surface area contributed by atoms with Gasteiger partial charge in [-0.05, 0) is 31.2 Å². The highest BCUT2D eigenvalue weighted by Gasteiger charge is 2.24. The number of carbonyl (C=O) groups excluding carboxylic acids is 1. The molecule has 1 aliphatic heterocycles. The molecule has 1 aromatic carbocycles. The van der Waals surface area contributed by atoms with Gasteiger partial charge in [0.25, 0.3) is 5.91 Å². The van der Waals surface area contributed by atoms with Gasteiger partial charge in [0.2, 0.25) is 0 Å². The molecule has 1 fully saturated rings. The van der Waals surface area contributed by atoms with E-state index >= 15 is 0 Å². The lowest BCUT2D eigenvalue weighted by Gasteiger charge is -2.23. The lowest BCUT2D eigenvalue weighted by atomic mass is 10.1. The molecule has 1 atom stereocenters. The van der Waals surface area contributed by atoms with Crippen molar-refractivity contribution >= 4 is 29.1 Å². The van der Waals surface area contributed by atoms with E-state index < -0.39 is 0 Å². The summed E-state index contributed by atoms with van der Waals surface area (Å²) in [7, 11) is 1.82. The number of benzene rings is 1. The third kappa shape index (κ3) is 2.73. The Hall–Kier alpha value is -0.770. The molecule has 2 rings (SSSR count). The van der Waals surface area contributed by atoms with Crippen molar-refractivity contribution in [3.8, 4) is 0 Å². The SMILES string of the molecule is CN(C(=O)c1ccc(Cl)c(Cl)c1)[C@@H]1CCNC1. The predicted octanol–water partition coefficient (Wildman–Crippen LogP) is 2.43. The van der Waals surface area contributed by atoms with Gasteiger partial charge in [-0.1, -0.05) is 23.2 Å². The van der Waals surface area contributed by atoms with E-state index in [2.05, 4.69) is 5.32 Å². The molecular weight excluding hydrogens is 259 g/mol. The molecule has 3 nitrogen and oxygen atoms in total. The number of amides is 1. The summed E-state index contributed by atoms with van der Waals surface area (Å²) in [6.07, 6.45) is 0.990. The number of hydrogen-bond donors (Lipinski definition) is 1. The first-order chi connectivity index (χ1) is 8.09. The lowest BCUT2D eigenvalue weighted by Crippen LogP contribution is -2.38. The lowest BCUT2D eigenvalue weighted by molar-refractivity contribution is 0.0744. The molecule has 0 unspecified atom stereocenters. The summed E-state index contributed by atoms with van der Waals surface area (Å²) in [4.78, 5) is 14.0. The Kier molecular flexibility index (Phi) is 3.92. The fourth-order valence-electron chi connectivity index (χ4n) is 1.97. The van der Waals surface area contributed by atoms with E-state index in [1.165, 1.54) is 0 Å². The average Bonchev–Trinajstić information content (AvgIpc) is 2.84. The van der Waals surface area contributed by atoms with E-state index in [0.29, 0.717) is 15.6 Å². The van der Waals surface area contributed by atoms with Gasteiger partial charge in [0.05, 0.1) is 10.0 Å². The van der Waals surface area contributed by atoms with Crippen molar-refractivity contribution < 1.29 is 4.79 Å². The van der Waals surface area contributed by atoms with Crippen molar-refractivity contribution in [1.82, 2.24) is 10.2 Å². The maximum atomic E-state index is 12.2. The number of nitrogens with one attached hydrogen (secondary N) is 1. The molecule has 0 bridgehead atoms. The largest absolute Gasteiger partial charge is 0.337 e. The molecule has 1 amide bonds. The maximum absolute atomic E-state index is 12.2. The molecule has 0 saturated carbocycles. The molecule has 0 spiro atoms. The molecule has 1 aliphatic rings. The zero-order valence-electron chi connectivity index (χ0n) is 9.54. The molecule has 92 valence electrons.